The number of rotatable bonds is 10. The number of carbonyl (C=O) groups is 3. The molecule has 0 aromatic heterocycles. The highest BCUT2D eigenvalue weighted by atomic mass is 35.5. The van der Waals surface area contributed by atoms with Gasteiger partial charge in [-0.2, -0.15) is 0 Å². The highest BCUT2D eigenvalue weighted by Crippen LogP contribution is 2.37. The fourth-order valence-corrected chi connectivity index (χ4v) is 6.30. The van der Waals surface area contributed by atoms with E-state index in [0.29, 0.717) is 45.1 Å². The second kappa shape index (κ2) is 13.8. The van der Waals surface area contributed by atoms with Crippen LogP contribution in [0.1, 0.15) is 84.0 Å². The molecule has 1 aromatic rings. The SMILES string of the molecule is CCCCN1C(=O)[C@@H](CC2(O)CCCCC2)NC(=O)C12CCN(CCCC(=O)Nc1ccccc1)CC2.Cl. The Balaban J connectivity index is 0.00000400. The molecule has 3 aliphatic rings. The number of benzene rings is 1. The van der Waals surface area contributed by atoms with Crippen LogP contribution in [0.25, 0.3) is 0 Å². The molecule has 9 heteroatoms. The first-order valence-corrected chi connectivity index (χ1v) is 14.3. The van der Waals surface area contributed by atoms with Crippen LogP contribution < -0.4 is 10.6 Å². The van der Waals surface area contributed by atoms with Gasteiger partial charge in [0.05, 0.1) is 5.60 Å². The number of aliphatic hydroxyl groups is 1. The smallest absolute Gasteiger partial charge is 0.246 e. The van der Waals surface area contributed by atoms with Gasteiger partial charge in [-0.25, -0.2) is 0 Å². The average molecular weight is 549 g/mol. The first-order valence-electron chi connectivity index (χ1n) is 14.3. The molecule has 0 radical (unpaired) electrons. The van der Waals surface area contributed by atoms with Gasteiger partial charge in [-0.05, 0) is 57.2 Å². The Bertz CT molecular complexity index is 930. The number of piperidine rings is 1. The molecule has 0 bridgehead atoms. The highest BCUT2D eigenvalue weighted by Gasteiger charge is 2.54. The Kier molecular flexibility index (Phi) is 11.0. The van der Waals surface area contributed by atoms with E-state index in [1.54, 1.807) is 0 Å². The van der Waals surface area contributed by atoms with Crippen LogP contribution in [0.3, 0.4) is 0 Å². The number of piperazine rings is 1. The number of carbonyl (C=O) groups excluding carboxylic acids is 3. The van der Waals surface area contributed by atoms with Crippen molar-refractivity contribution in [2.75, 3.05) is 31.5 Å². The molecular formula is C29H45ClN4O4. The predicted octanol–water partition coefficient (Wildman–Crippen LogP) is 3.87. The lowest BCUT2D eigenvalue weighted by atomic mass is 9.77. The summed E-state index contributed by atoms with van der Waals surface area (Å²) >= 11 is 0. The van der Waals surface area contributed by atoms with Crippen LogP contribution in [-0.4, -0.2) is 76.0 Å². The molecule has 3 fully saturated rings. The molecule has 38 heavy (non-hydrogen) atoms. The van der Waals surface area contributed by atoms with Gasteiger partial charge in [-0.15, -0.1) is 12.4 Å². The summed E-state index contributed by atoms with van der Waals surface area (Å²) in [5, 5.41) is 17.0. The van der Waals surface area contributed by atoms with Crippen LogP contribution in [0.5, 0.6) is 0 Å². The molecule has 1 aromatic carbocycles. The summed E-state index contributed by atoms with van der Waals surface area (Å²) in [5.74, 6) is -0.0825. The molecule has 2 saturated heterocycles. The number of nitrogens with zero attached hydrogens (tertiary/aromatic N) is 2. The number of unbranched alkanes of at least 4 members (excludes halogenated alkanes) is 1. The van der Waals surface area contributed by atoms with Crippen LogP contribution in [0.15, 0.2) is 30.3 Å². The van der Waals surface area contributed by atoms with Gasteiger partial charge in [0, 0.05) is 38.2 Å². The van der Waals surface area contributed by atoms with Crippen molar-refractivity contribution in [1.29, 1.82) is 0 Å². The number of halogens is 1. The Hall–Kier alpha value is -2.16. The number of likely N-dealkylation sites (tertiary alicyclic amines) is 1. The van der Waals surface area contributed by atoms with Gasteiger partial charge < -0.3 is 25.5 Å². The van der Waals surface area contributed by atoms with E-state index in [1.807, 2.05) is 35.2 Å². The molecule has 3 amide bonds. The summed E-state index contributed by atoms with van der Waals surface area (Å²) in [6.07, 6.45) is 8.97. The van der Waals surface area contributed by atoms with Crippen molar-refractivity contribution in [3.8, 4) is 0 Å². The monoisotopic (exact) mass is 548 g/mol. The highest BCUT2D eigenvalue weighted by molar-refractivity contribution is 6.00. The van der Waals surface area contributed by atoms with Gasteiger partial charge in [0.1, 0.15) is 11.6 Å². The third kappa shape index (κ3) is 7.27. The van der Waals surface area contributed by atoms with Gasteiger partial charge in [0.2, 0.25) is 17.7 Å². The molecule has 4 rings (SSSR count). The van der Waals surface area contributed by atoms with Crippen molar-refractivity contribution in [2.24, 2.45) is 0 Å². The molecule has 1 spiro atoms. The summed E-state index contributed by atoms with van der Waals surface area (Å²) in [6, 6.07) is 8.83. The van der Waals surface area contributed by atoms with Crippen molar-refractivity contribution in [2.45, 2.75) is 101 Å². The van der Waals surface area contributed by atoms with Gasteiger partial charge in [-0.1, -0.05) is 50.8 Å². The van der Waals surface area contributed by atoms with E-state index in [4.69, 9.17) is 0 Å². The van der Waals surface area contributed by atoms with Crippen molar-refractivity contribution in [3.05, 3.63) is 30.3 Å². The van der Waals surface area contributed by atoms with Crippen LogP contribution in [0, 0.1) is 0 Å². The number of amides is 3. The fourth-order valence-electron chi connectivity index (χ4n) is 6.30. The average Bonchev–Trinajstić information content (AvgIpc) is 2.89. The third-order valence-corrected chi connectivity index (χ3v) is 8.53. The zero-order valence-corrected chi connectivity index (χ0v) is 23.6. The maximum atomic E-state index is 13.7. The van der Waals surface area contributed by atoms with Gasteiger partial charge in [-0.3, -0.25) is 14.4 Å². The lowest BCUT2D eigenvalue weighted by Gasteiger charge is -2.52. The van der Waals surface area contributed by atoms with E-state index >= 15 is 0 Å². The molecule has 212 valence electrons. The Morgan fingerprint density at radius 3 is 2.37 bits per heavy atom. The van der Waals surface area contributed by atoms with Gasteiger partial charge in [0.15, 0.2) is 0 Å². The molecule has 1 saturated carbocycles. The lowest BCUT2D eigenvalue weighted by Crippen LogP contribution is -2.73. The normalized spacial score (nSPS) is 23.0. The molecule has 3 N–H and O–H groups in total. The number of anilines is 1. The Labute approximate surface area is 233 Å². The van der Waals surface area contributed by atoms with E-state index in [9.17, 15) is 19.5 Å². The Morgan fingerprint density at radius 1 is 1.03 bits per heavy atom. The summed E-state index contributed by atoms with van der Waals surface area (Å²) in [5.41, 5.74) is -0.858. The Morgan fingerprint density at radius 2 is 1.71 bits per heavy atom. The van der Waals surface area contributed by atoms with Crippen LogP contribution in [-0.2, 0) is 14.4 Å². The maximum absolute atomic E-state index is 13.7. The summed E-state index contributed by atoms with van der Waals surface area (Å²) in [7, 11) is 0. The summed E-state index contributed by atoms with van der Waals surface area (Å²) < 4.78 is 0. The standard InChI is InChI=1S/C29H44N4O4.ClH/c1-2-3-19-33-26(35)24(22-28(37)14-8-5-9-15-28)31-27(36)29(33)16-20-32(21-17-29)18-10-13-25(34)30-23-11-6-4-7-12-23;/h4,6-7,11-12,24,37H,2-3,5,8-10,13-22H2,1H3,(H,30,34)(H,31,36);1H/t24-;/m1./s1. The van der Waals surface area contributed by atoms with E-state index in [1.165, 1.54) is 0 Å². The second-order valence-electron chi connectivity index (χ2n) is 11.2. The maximum Gasteiger partial charge on any atom is 0.246 e. The first kappa shape index (κ1) is 30.4. The van der Waals surface area contributed by atoms with Crippen LogP contribution in [0.2, 0.25) is 0 Å². The quantitative estimate of drug-likeness (QED) is 0.412. The lowest BCUT2D eigenvalue weighted by molar-refractivity contribution is -0.163. The minimum absolute atomic E-state index is 0. The number of hydrogen-bond acceptors (Lipinski definition) is 5. The topological polar surface area (TPSA) is 102 Å². The van der Waals surface area contributed by atoms with Crippen molar-refractivity contribution in [3.63, 3.8) is 0 Å². The molecule has 1 aliphatic carbocycles. The summed E-state index contributed by atoms with van der Waals surface area (Å²) in [6.45, 7) is 4.91. The number of nitrogens with one attached hydrogen (secondary N) is 2. The van der Waals surface area contributed by atoms with E-state index in [2.05, 4.69) is 22.5 Å². The molecule has 1 atom stereocenters. The van der Waals surface area contributed by atoms with E-state index in [0.717, 1.165) is 63.8 Å². The van der Waals surface area contributed by atoms with Crippen LogP contribution >= 0.6 is 12.4 Å². The molecule has 8 nitrogen and oxygen atoms in total. The molecule has 2 heterocycles. The second-order valence-corrected chi connectivity index (χ2v) is 11.2. The van der Waals surface area contributed by atoms with Gasteiger partial charge >= 0.3 is 0 Å². The van der Waals surface area contributed by atoms with Gasteiger partial charge in [0.25, 0.3) is 0 Å². The zero-order valence-electron chi connectivity index (χ0n) is 22.8. The third-order valence-electron chi connectivity index (χ3n) is 8.53. The fraction of sp³-hybridized carbons (Fsp3) is 0.690. The molecular weight excluding hydrogens is 504 g/mol. The number of hydrogen-bond donors (Lipinski definition) is 3. The largest absolute Gasteiger partial charge is 0.390 e. The minimum Gasteiger partial charge on any atom is -0.390 e. The van der Waals surface area contributed by atoms with E-state index < -0.39 is 17.2 Å². The molecule has 2 aliphatic heterocycles. The molecule has 0 unspecified atom stereocenters. The van der Waals surface area contributed by atoms with Crippen molar-refractivity contribution < 1.29 is 19.5 Å². The first-order chi connectivity index (χ1) is 17.8. The summed E-state index contributed by atoms with van der Waals surface area (Å²) in [4.78, 5) is 43.7. The zero-order chi connectivity index (χ0) is 26.3. The minimum atomic E-state index is -0.858. The van der Waals surface area contributed by atoms with Crippen LogP contribution in [0.4, 0.5) is 5.69 Å². The van der Waals surface area contributed by atoms with E-state index in [-0.39, 0.29) is 30.1 Å². The predicted molar refractivity (Wildman–Crippen MR) is 151 cm³/mol. The van der Waals surface area contributed by atoms with Crippen molar-refractivity contribution >= 4 is 35.8 Å². The number of para-hydroxylation sites is 1. The van der Waals surface area contributed by atoms with Crippen molar-refractivity contribution in [1.82, 2.24) is 15.1 Å².